The summed E-state index contributed by atoms with van der Waals surface area (Å²) in [7, 11) is 0. The predicted molar refractivity (Wildman–Crippen MR) is 162 cm³/mol. The molecule has 0 rings (SSSR count). The smallest absolute Gasteiger partial charge is 0.323 e. The minimum atomic E-state index is -0.985. The number of aliphatic hydroxyl groups excluding tert-OH is 1. The molecule has 0 bridgehead atoms. The molecule has 1 atom stereocenters. The number of hydrogen-bond acceptors (Lipinski definition) is 4. The average Bonchev–Trinajstić information content (AvgIpc) is 2.90. The Morgan fingerprint density at radius 1 is 0.526 bits per heavy atom. The molecule has 0 aromatic rings. The summed E-state index contributed by atoms with van der Waals surface area (Å²) in [5.74, 6) is -0.500. The number of aliphatic carboxylic acids is 1. The lowest BCUT2D eigenvalue weighted by Crippen LogP contribution is -2.40. The van der Waals surface area contributed by atoms with Gasteiger partial charge in [-0.25, -0.2) is 0 Å². The summed E-state index contributed by atoms with van der Waals surface area (Å²) >= 11 is 0. The highest BCUT2D eigenvalue weighted by molar-refractivity contribution is 5.78. The summed E-state index contributed by atoms with van der Waals surface area (Å²) in [6.45, 7) is 2.58. The lowest BCUT2D eigenvalue weighted by Gasteiger charge is -2.10. The van der Waals surface area contributed by atoms with Crippen molar-refractivity contribution in [3.8, 4) is 0 Å². The first-order valence-corrected chi connectivity index (χ1v) is 16.7. The van der Waals surface area contributed by atoms with E-state index in [0.717, 1.165) is 38.5 Å². The Morgan fingerprint density at radius 3 is 1.16 bits per heavy atom. The third kappa shape index (κ3) is 28.1. The molecule has 0 aromatic heterocycles. The van der Waals surface area contributed by atoms with Gasteiger partial charge in [-0.1, -0.05) is 148 Å². The number of nitrogens with one attached hydrogen (secondary N) is 1. The molecule has 0 unspecified atom stereocenters. The maximum absolute atomic E-state index is 12.1. The Labute approximate surface area is 236 Å². The number of carboxylic acids is 1. The quantitative estimate of drug-likeness (QED) is 0.0742. The van der Waals surface area contributed by atoms with E-state index in [0.29, 0.717) is 12.3 Å². The van der Waals surface area contributed by atoms with Gasteiger partial charge in [-0.05, 0) is 25.8 Å². The van der Waals surface area contributed by atoms with Crippen LogP contribution in [0.2, 0.25) is 0 Å². The molecule has 0 aliphatic heterocycles. The average molecular weight is 540 g/mol. The summed E-state index contributed by atoms with van der Waals surface area (Å²) in [5.41, 5.74) is 0. The van der Waals surface area contributed by atoms with Gasteiger partial charge in [-0.15, -0.1) is 0 Å². The van der Waals surface area contributed by atoms with Gasteiger partial charge in [0.25, 0.3) is 0 Å². The molecular weight excluding hydrogens is 474 g/mol. The third-order valence-corrected chi connectivity index (χ3v) is 7.81. The molecular formula is C33H65NO4. The van der Waals surface area contributed by atoms with E-state index in [1.54, 1.807) is 0 Å². The maximum Gasteiger partial charge on any atom is 0.323 e. The maximum atomic E-state index is 12.1. The van der Waals surface area contributed by atoms with E-state index in [-0.39, 0.29) is 6.61 Å². The van der Waals surface area contributed by atoms with Crippen LogP contribution < -0.4 is 5.32 Å². The van der Waals surface area contributed by atoms with Crippen LogP contribution in [0, 0.1) is 0 Å². The van der Waals surface area contributed by atoms with Crippen molar-refractivity contribution < 1.29 is 19.8 Å². The fraction of sp³-hybridized carbons (Fsp3) is 0.939. The van der Waals surface area contributed by atoms with E-state index < -0.39 is 12.0 Å². The van der Waals surface area contributed by atoms with E-state index >= 15 is 0 Å². The van der Waals surface area contributed by atoms with Crippen molar-refractivity contribution in [2.75, 3.05) is 13.2 Å². The van der Waals surface area contributed by atoms with Gasteiger partial charge < -0.3 is 15.5 Å². The number of ketones is 1. The number of carbonyl (C=O) groups is 2. The monoisotopic (exact) mass is 539 g/mol. The van der Waals surface area contributed by atoms with E-state index in [1.165, 1.54) is 135 Å². The normalized spacial score (nSPS) is 12.2. The Morgan fingerprint density at radius 2 is 0.842 bits per heavy atom. The van der Waals surface area contributed by atoms with Crippen molar-refractivity contribution in [2.45, 2.75) is 186 Å². The molecule has 0 saturated heterocycles. The van der Waals surface area contributed by atoms with Gasteiger partial charge >= 0.3 is 5.97 Å². The van der Waals surface area contributed by atoms with Crippen LogP contribution >= 0.6 is 0 Å². The van der Waals surface area contributed by atoms with Gasteiger partial charge in [0, 0.05) is 12.8 Å². The fourth-order valence-electron chi connectivity index (χ4n) is 5.19. The summed E-state index contributed by atoms with van der Waals surface area (Å²) in [5, 5.41) is 20.7. The first-order chi connectivity index (χ1) is 18.6. The molecule has 5 heteroatoms. The molecule has 0 aromatic carbocycles. The van der Waals surface area contributed by atoms with Gasteiger partial charge in [0.1, 0.15) is 11.8 Å². The second kappa shape index (κ2) is 30.6. The summed E-state index contributed by atoms with van der Waals surface area (Å²) in [6, 6.07) is -0.829. The first-order valence-electron chi connectivity index (χ1n) is 16.7. The molecule has 3 N–H and O–H groups in total. The summed E-state index contributed by atoms with van der Waals surface area (Å²) in [4.78, 5) is 22.9. The highest BCUT2D eigenvalue weighted by Crippen LogP contribution is 2.15. The van der Waals surface area contributed by atoms with Crippen LogP contribution in [0.1, 0.15) is 180 Å². The first kappa shape index (κ1) is 37.1. The zero-order valence-electron chi connectivity index (χ0n) is 25.3. The van der Waals surface area contributed by atoms with Crippen molar-refractivity contribution in [2.24, 2.45) is 0 Å². The van der Waals surface area contributed by atoms with Crippen LogP contribution in [0.5, 0.6) is 0 Å². The van der Waals surface area contributed by atoms with E-state index in [1.807, 2.05) is 0 Å². The lowest BCUT2D eigenvalue weighted by molar-refractivity contribution is -0.140. The zero-order valence-corrected chi connectivity index (χ0v) is 25.3. The van der Waals surface area contributed by atoms with Crippen molar-refractivity contribution in [3.05, 3.63) is 0 Å². The minimum absolute atomic E-state index is 0.354. The molecule has 38 heavy (non-hydrogen) atoms. The van der Waals surface area contributed by atoms with Crippen LogP contribution in [-0.2, 0) is 9.59 Å². The molecule has 5 nitrogen and oxygen atoms in total. The van der Waals surface area contributed by atoms with Gasteiger partial charge in [0.15, 0.2) is 0 Å². The van der Waals surface area contributed by atoms with Crippen LogP contribution in [0.3, 0.4) is 0 Å². The molecule has 0 spiro atoms. The van der Waals surface area contributed by atoms with Gasteiger partial charge in [0.05, 0.1) is 6.61 Å². The summed E-state index contributed by atoms with van der Waals surface area (Å²) in [6.07, 6.45) is 33.8. The highest BCUT2D eigenvalue weighted by Gasteiger charge is 2.13. The lowest BCUT2D eigenvalue weighted by atomic mass is 10.0. The van der Waals surface area contributed by atoms with Crippen molar-refractivity contribution in [3.63, 3.8) is 0 Å². The number of carboxylic acid groups (broad SMARTS) is 1. The van der Waals surface area contributed by atoms with Gasteiger partial charge in [-0.3, -0.25) is 9.59 Å². The Hall–Kier alpha value is -0.940. The second-order valence-electron chi connectivity index (χ2n) is 11.6. The molecule has 0 fully saturated rings. The van der Waals surface area contributed by atoms with Crippen molar-refractivity contribution in [1.82, 2.24) is 5.32 Å². The number of carbonyl (C=O) groups excluding carboxylic acids is 1. The van der Waals surface area contributed by atoms with Gasteiger partial charge in [-0.2, -0.15) is 0 Å². The Balaban J connectivity index is 3.21. The largest absolute Gasteiger partial charge is 0.480 e. The fourth-order valence-corrected chi connectivity index (χ4v) is 5.19. The number of rotatable bonds is 32. The number of unbranched alkanes of at least 4 members (excludes halogenated alkanes) is 23. The Kier molecular flexibility index (Phi) is 29.8. The van der Waals surface area contributed by atoms with Crippen LogP contribution in [0.15, 0.2) is 0 Å². The van der Waals surface area contributed by atoms with Crippen LogP contribution in [0.4, 0.5) is 0 Å². The SMILES string of the molecule is CCCCCCCCCCCCCCCC(=O)CCCCCCCCCCCCCCN[C@@H](CO)C(=O)O. The highest BCUT2D eigenvalue weighted by atomic mass is 16.4. The van der Waals surface area contributed by atoms with Crippen LogP contribution in [-0.4, -0.2) is 41.2 Å². The minimum Gasteiger partial charge on any atom is -0.480 e. The molecule has 0 saturated carbocycles. The third-order valence-electron chi connectivity index (χ3n) is 7.81. The Bertz CT molecular complexity index is 511. The van der Waals surface area contributed by atoms with E-state index in [9.17, 15) is 9.59 Å². The number of hydrogen-bond donors (Lipinski definition) is 3. The molecule has 0 aliphatic rings. The molecule has 0 radical (unpaired) electrons. The van der Waals surface area contributed by atoms with Gasteiger partial charge in [0.2, 0.25) is 0 Å². The predicted octanol–water partition coefficient (Wildman–Crippen LogP) is 9.14. The molecule has 0 heterocycles. The standard InChI is InChI=1S/C33H65NO4/c1-2-3-4-5-6-7-8-9-12-15-18-21-24-27-31(36)28-25-22-19-16-13-10-11-14-17-20-23-26-29-34-32(30-35)33(37)38/h32,34-35H,2-30H2,1H3,(H,37,38)/t32-/m0/s1. The topological polar surface area (TPSA) is 86.6 Å². The summed E-state index contributed by atoms with van der Waals surface area (Å²) < 4.78 is 0. The van der Waals surface area contributed by atoms with E-state index in [2.05, 4.69) is 12.2 Å². The number of Topliss-reactive ketones (excluding diaryl/α,β-unsaturated/α-hetero) is 1. The van der Waals surface area contributed by atoms with E-state index in [4.69, 9.17) is 10.2 Å². The molecule has 0 amide bonds. The molecule has 0 aliphatic carbocycles. The van der Waals surface area contributed by atoms with Crippen LogP contribution in [0.25, 0.3) is 0 Å². The van der Waals surface area contributed by atoms with Crippen molar-refractivity contribution in [1.29, 1.82) is 0 Å². The van der Waals surface area contributed by atoms with Crippen molar-refractivity contribution >= 4 is 11.8 Å². The zero-order chi connectivity index (χ0) is 27.9. The molecule has 226 valence electrons. The number of aliphatic hydroxyl groups is 1. The second-order valence-corrected chi connectivity index (χ2v) is 11.6.